The fourth-order valence-corrected chi connectivity index (χ4v) is 1.75. The molecule has 2 N–H and O–H groups in total. The molecular weight excluding hydrogens is 196 g/mol. The first-order valence-electron chi connectivity index (χ1n) is 5.51. The summed E-state index contributed by atoms with van der Waals surface area (Å²) < 4.78 is 10.3. The molecule has 15 heavy (non-hydrogen) atoms. The molecule has 0 radical (unpaired) electrons. The smallest absolute Gasteiger partial charge is 0.0926 e. The molecule has 0 saturated carbocycles. The van der Waals surface area contributed by atoms with Crippen LogP contribution in [0.2, 0.25) is 0 Å². The molecule has 1 fully saturated rings. The number of ether oxygens (including phenoxy) is 2. The van der Waals surface area contributed by atoms with Gasteiger partial charge in [0, 0.05) is 33.4 Å². The third-order valence-electron chi connectivity index (χ3n) is 2.62. The standard InChI is InChI=1S/C10H22N2O3/c1-13-7-8-14-6-2-4-12-5-3-10(9-12)15-11/h10H,2-9,11H2,1H3. The average molecular weight is 218 g/mol. The Morgan fingerprint density at radius 1 is 1.33 bits per heavy atom. The Morgan fingerprint density at radius 3 is 2.87 bits per heavy atom. The van der Waals surface area contributed by atoms with Crippen molar-refractivity contribution < 1.29 is 14.3 Å². The van der Waals surface area contributed by atoms with E-state index in [9.17, 15) is 0 Å². The topological polar surface area (TPSA) is 57.0 Å². The first kappa shape index (κ1) is 12.9. The van der Waals surface area contributed by atoms with Crippen molar-refractivity contribution in [2.24, 2.45) is 5.90 Å². The third-order valence-corrected chi connectivity index (χ3v) is 2.62. The van der Waals surface area contributed by atoms with Crippen LogP contribution in [0.25, 0.3) is 0 Å². The van der Waals surface area contributed by atoms with Gasteiger partial charge >= 0.3 is 0 Å². The van der Waals surface area contributed by atoms with Crippen molar-refractivity contribution in [3.8, 4) is 0 Å². The summed E-state index contributed by atoms with van der Waals surface area (Å²) in [7, 11) is 1.68. The zero-order valence-electron chi connectivity index (χ0n) is 9.48. The molecule has 0 aliphatic carbocycles. The van der Waals surface area contributed by atoms with Crippen molar-refractivity contribution in [2.75, 3.05) is 46.6 Å². The minimum Gasteiger partial charge on any atom is -0.382 e. The number of nitrogens with zero attached hydrogens (tertiary/aromatic N) is 1. The Hall–Kier alpha value is -0.200. The molecule has 0 amide bonds. The molecule has 1 saturated heterocycles. The van der Waals surface area contributed by atoms with E-state index in [2.05, 4.69) is 4.90 Å². The second kappa shape index (κ2) is 8.01. The van der Waals surface area contributed by atoms with Gasteiger partial charge in [0.05, 0.1) is 19.3 Å². The molecule has 0 spiro atoms. The lowest BCUT2D eigenvalue weighted by atomic mass is 10.3. The van der Waals surface area contributed by atoms with Gasteiger partial charge in [-0.1, -0.05) is 0 Å². The average Bonchev–Trinajstić information content (AvgIpc) is 2.71. The Morgan fingerprint density at radius 2 is 2.20 bits per heavy atom. The summed E-state index contributed by atoms with van der Waals surface area (Å²) >= 11 is 0. The van der Waals surface area contributed by atoms with Crippen LogP contribution in [0.15, 0.2) is 0 Å². The SMILES string of the molecule is COCCOCCCN1CCC(ON)C1. The van der Waals surface area contributed by atoms with Crippen molar-refractivity contribution in [1.29, 1.82) is 0 Å². The first-order chi connectivity index (χ1) is 7.36. The van der Waals surface area contributed by atoms with E-state index in [1.165, 1.54) is 0 Å². The first-order valence-corrected chi connectivity index (χ1v) is 5.51. The Labute approximate surface area is 91.4 Å². The fraction of sp³-hybridized carbons (Fsp3) is 1.00. The maximum absolute atomic E-state index is 5.38. The number of nitrogens with two attached hydrogens (primary N) is 1. The van der Waals surface area contributed by atoms with Gasteiger partial charge in [-0.2, -0.15) is 0 Å². The van der Waals surface area contributed by atoms with Crippen LogP contribution in [-0.4, -0.2) is 57.6 Å². The quantitative estimate of drug-likeness (QED) is 0.459. The highest BCUT2D eigenvalue weighted by Crippen LogP contribution is 2.10. The van der Waals surface area contributed by atoms with Crippen molar-refractivity contribution in [3.05, 3.63) is 0 Å². The summed E-state index contributed by atoms with van der Waals surface area (Å²) in [5.74, 6) is 5.14. The summed E-state index contributed by atoms with van der Waals surface area (Å²) in [6.45, 7) is 5.26. The predicted molar refractivity (Wildman–Crippen MR) is 57.4 cm³/mol. The van der Waals surface area contributed by atoms with Gasteiger partial charge in [0.1, 0.15) is 0 Å². The van der Waals surface area contributed by atoms with Crippen molar-refractivity contribution in [3.63, 3.8) is 0 Å². The minimum absolute atomic E-state index is 0.222. The second-order valence-electron chi connectivity index (χ2n) is 3.81. The second-order valence-corrected chi connectivity index (χ2v) is 3.81. The van der Waals surface area contributed by atoms with Crippen LogP contribution in [0.1, 0.15) is 12.8 Å². The molecule has 0 bridgehead atoms. The van der Waals surface area contributed by atoms with E-state index in [1.807, 2.05) is 0 Å². The van der Waals surface area contributed by atoms with Gasteiger partial charge in [0.2, 0.25) is 0 Å². The highest BCUT2D eigenvalue weighted by Gasteiger charge is 2.21. The zero-order chi connectivity index (χ0) is 10.9. The van der Waals surface area contributed by atoms with Crippen molar-refractivity contribution in [2.45, 2.75) is 18.9 Å². The van der Waals surface area contributed by atoms with Crippen LogP contribution < -0.4 is 5.90 Å². The van der Waals surface area contributed by atoms with Gasteiger partial charge in [-0.15, -0.1) is 0 Å². The highest BCUT2D eigenvalue weighted by molar-refractivity contribution is 4.74. The number of hydrogen-bond donors (Lipinski definition) is 1. The van der Waals surface area contributed by atoms with Gasteiger partial charge in [0.15, 0.2) is 0 Å². The summed E-state index contributed by atoms with van der Waals surface area (Å²) in [4.78, 5) is 7.17. The molecule has 1 heterocycles. The molecular formula is C10H22N2O3. The highest BCUT2D eigenvalue weighted by atomic mass is 16.6. The lowest BCUT2D eigenvalue weighted by molar-refractivity contribution is 0.0541. The molecule has 5 nitrogen and oxygen atoms in total. The van der Waals surface area contributed by atoms with Gasteiger partial charge in [-0.3, -0.25) is 4.84 Å². The fourth-order valence-electron chi connectivity index (χ4n) is 1.75. The van der Waals surface area contributed by atoms with Crippen LogP contribution in [0.4, 0.5) is 0 Å². The van der Waals surface area contributed by atoms with Crippen molar-refractivity contribution in [1.82, 2.24) is 4.90 Å². The predicted octanol–water partition coefficient (Wildman–Crippen LogP) is 0.00410. The monoisotopic (exact) mass is 218 g/mol. The largest absolute Gasteiger partial charge is 0.382 e. The third kappa shape index (κ3) is 5.44. The Balaban J connectivity index is 1.88. The molecule has 1 rings (SSSR count). The number of hydrogen-bond acceptors (Lipinski definition) is 5. The van der Waals surface area contributed by atoms with Gasteiger partial charge in [0.25, 0.3) is 0 Å². The van der Waals surface area contributed by atoms with E-state index in [0.717, 1.165) is 39.1 Å². The van der Waals surface area contributed by atoms with Crippen LogP contribution in [-0.2, 0) is 14.3 Å². The summed E-state index contributed by atoms with van der Waals surface area (Å²) in [6.07, 6.45) is 2.32. The summed E-state index contributed by atoms with van der Waals surface area (Å²) in [5.41, 5.74) is 0. The minimum atomic E-state index is 0.222. The van der Waals surface area contributed by atoms with E-state index >= 15 is 0 Å². The molecule has 5 heteroatoms. The van der Waals surface area contributed by atoms with Crippen LogP contribution in [0.3, 0.4) is 0 Å². The number of likely N-dealkylation sites (tertiary alicyclic amines) is 1. The Bertz CT molecular complexity index is 158. The molecule has 1 aliphatic heterocycles. The van der Waals surface area contributed by atoms with Crippen LogP contribution >= 0.6 is 0 Å². The maximum atomic E-state index is 5.38. The molecule has 1 aliphatic rings. The zero-order valence-corrected chi connectivity index (χ0v) is 9.48. The Kier molecular flexibility index (Phi) is 6.87. The van der Waals surface area contributed by atoms with Crippen molar-refractivity contribution >= 4 is 0 Å². The van der Waals surface area contributed by atoms with Crippen LogP contribution in [0.5, 0.6) is 0 Å². The molecule has 1 atom stereocenters. The van der Waals surface area contributed by atoms with Crippen LogP contribution in [0, 0.1) is 0 Å². The van der Waals surface area contributed by atoms with Gasteiger partial charge in [-0.05, 0) is 12.8 Å². The maximum Gasteiger partial charge on any atom is 0.0926 e. The van der Waals surface area contributed by atoms with E-state index in [1.54, 1.807) is 7.11 Å². The molecule has 90 valence electrons. The van der Waals surface area contributed by atoms with E-state index in [0.29, 0.717) is 13.2 Å². The molecule has 0 aromatic heterocycles. The normalized spacial score (nSPS) is 22.4. The van der Waals surface area contributed by atoms with Gasteiger partial charge < -0.3 is 14.4 Å². The van der Waals surface area contributed by atoms with E-state index in [-0.39, 0.29) is 6.10 Å². The molecule has 1 unspecified atom stereocenters. The lowest BCUT2D eigenvalue weighted by Crippen LogP contribution is -2.26. The number of methoxy groups -OCH3 is 1. The van der Waals surface area contributed by atoms with E-state index in [4.69, 9.17) is 20.2 Å². The molecule has 0 aromatic rings. The lowest BCUT2D eigenvalue weighted by Gasteiger charge is -2.14. The van der Waals surface area contributed by atoms with E-state index < -0.39 is 0 Å². The van der Waals surface area contributed by atoms with Gasteiger partial charge in [-0.25, -0.2) is 5.90 Å². The number of rotatable bonds is 8. The summed E-state index contributed by atoms with van der Waals surface area (Å²) in [6, 6.07) is 0. The molecule has 0 aromatic carbocycles. The summed E-state index contributed by atoms with van der Waals surface area (Å²) in [5, 5.41) is 0.